The van der Waals surface area contributed by atoms with Crippen LogP contribution in [0.3, 0.4) is 0 Å². The summed E-state index contributed by atoms with van der Waals surface area (Å²) in [5.41, 5.74) is 1.13. The van der Waals surface area contributed by atoms with Gasteiger partial charge in [-0.15, -0.1) is 0 Å². The van der Waals surface area contributed by atoms with Gasteiger partial charge < -0.3 is 4.74 Å². The molecule has 0 saturated heterocycles. The Labute approximate surface area is 103 Å². The molecule has 0 spiro atoms. The number of aryl methyl sites for hydroxylation is 1. The third-order valence-electron chi connectivity index (χ3n) is 2.42. The van der Waals surface area contributed by atoms with Gasteiger partial charge in [-0.25, -0.2) is 13.1 Å². The minimum Gasteiger partial charge on any atom is -0.492 e. The first kappa shape index (κ1) is 14.0. The zero-order chi connectivity index (χ0) is 12.7. The summed E-state index contributed by atoms with van der Waals surface area (Å²) in [4.78, 5) is 0. The maximum Gasteiger partial charge on any atom is 0.211 e. The van der Waals surface area contributed by atoms with Crippen molar-refractivity contribution in [3.63, 3.8) is 0 Å². The first-order chi connectivity index (χ1) is 8.09. The fraction of sp³-hybridized carbons (Fsp3) is 0.500. The number of ether oxygens (including phenoxy) is 1. The smallest absolute Gasteiger partial charge is 0.211 e. The monoisotopic (exact) mass is 257 g/mol. The lowest BCUT2D eigenvalue weighted by molar-refractivity contribution is 0.320. The van der Waals surface area contributed by atoms with Gasteiger partial charge in [-0.2, -0.15) is 0 Å². The van der Waals surface area contributed by atoms with Gasteiger partial charge in [-0.1, -0.05) is 25.1 Å². The molecule has 0 aliphatic heterocycles. The van der Waals surface area contributed by atoms with Crippen LogP contribution in [0.5, 0.6) is 5.75 Å². The van der Waals surface area contributed by atoms with Crippen LogP contribution in [-0.4, -0.2) is 27.3 Å². The van der Waals surface area contributed by atoms with E-state index < -0.39 is 10.0 Å². The van der Waals surface area contributed by atoms with E-state index in [1.54, 1.807) is 6.92 Å². The van der Waals surface area contributed by atoms with Crippen LogP contribution in [0.4, 0.5) is 0 Å². The topological polar surface area (TPSA) is 55.4 Å². The minimum atomic E-state index is -3.12. The number of benzene rings is 1. The molecule has 0 fully saturated rings. The first-order valence-corrected chi connectivity index (χ1v) is 7.42. The van der Waals surface area contributed by atoms with Crippen LogP contribution >= 0.6 is 0 Å². The predicted octanol–water partition coefficient (Wildman–Crippen LogP) is 1.57. The molecule has 0 radical (unpaired) electrons. The standard InChI is InChI=1S/C12H19NO3S/c1-3-11-7-5-6-8-12(11)16-10-9-13-17(14,15)4-2/h5-8,13H,3-4,9-10H2,1-2H3. The molecule has 0 atom stereocenters. The highest BCUT2D eigenvalue weighted by atomic mass is 32.2. The molecule has 0 heterocycles. The first-order valence-electron chi connectivity index (χ1n) is 5.77. The molecular formula is C12H19NO3S. The van der Waals surface area contributed by atoms with Gasteiger partial charge in [-0.05, 0) is 25.0 Å². The highest BCUT2D eigenvalue weighted by Gasteiger charge is 2.05. The Morgan fingerprint density at radius 2 is 1.94 bits per heavy atom. The van der Waals surface area contributed by atoms with Crippen LogP contribution in [-0.2, 0) is 16.4 Å². The van der Waals surface area contributed by atoms with E-state index in [1.165, 1.54) is 0 Å². The van der Waals surface area contributed by atoms with Crippen LogP contribution < -0.4 is 9.46 Å². The van der Waals surface area contributed by atoms with Crippen molar-refractivity contribution in [2.24, 2.45) is 0 Å². The zero-order valence-corrected chi connectivity index (χ0v) is 11.1. The molecule has 0 saturated carbocycles. The number of sulfonamides is 1. The highest BCUT2D eigenvalue weighted by molar-refractivity contribution is 7.89. The third-order valence-corrected chi connectivity index (χ3v) is 3.82. The summed E-state index contributed by atoms with van der Waals surface area (Å²) in [5, 5.41) is 0. The lowest BCUT2D eigenvalue weighted by Crippen LogP contribution is -2.29. The second kappa shape index (κ2) is 6.61. The molecule has 17 heavy (non-hydrogen) atoms. The maximum atomic E-state index is 11.2. The Kier molecular flexibility index (Phi) is 5.44. The van der Waals surface area contributed by atoms with Crippen molar-refractivity contribution in [1.29, 1.82) is 0 Å². The Morgan fingerprint density at radius 3 is 2.59 bits per heavy atom. The number of hydrogen-bond acceptors (Lipinski definition) is 3. The largest absolute Gasteiger partial charge is 0.492 e. The van der Waals surface area contributed by atoms with E-state index in [2.05, 4.69) is 11.6 Å². The third kappa shape index (κ3) is 4.75. The van der Waals surface area contributed by atoms with Gasteiger partial charge in [0.2, 0.25) is 10.0 Å². The lowest BCUT2D eigenvalue weighted by Gasteiger charge is -2.10. The Balaban J connectivity index is 2.41. The summed E-state index contributed by atoms with van der Waals surface area (Å²) in [6.07, 6.45) is 0.900. The van der Waals surface area contributed by atoms with E-state index in [0.717, 1.165) is 17.7 Å². The Morgan fingerprint density at radius 1 is 1.24 bits per heavy atom. The van der Waals surface area contributed by atoms with Gasteiger partial charge in [0.1, 0.15) is 12.4 Å². The summed E-state index contributed by atoms with van der Waals surface area (Å²) in [5.74, 6) is 0.920. The number of rotatable bonds is 7. The molecule has 0 aliphatic carbocycles. The average molecular weight is 257 g/mol. The van der Waals surface area contributed by atoms with Crippen LogP contribution in [0.25, 0.3) is 0 Å². The molecule has 0 bridgehead atoms. The number of nitrogens with one attached hydrogen (secondary N) is 1. The van der Waals surface area contributed by atoms with Gasteiger partial charge >= 0.3 is 0 Å². The molecule has 0 aliphatic rings. The Hall–Kier alpha value is -1.07. The molecule has 96 valence electrons. The molecule has 4 nitrogen and oxygen atoms in total. The van der Waals surface area contributed by atoms with Crippen molar-refractivity contribution >= 4 is 10.0 Å². The fourth-order valence-corrected chi connectivity index (χ4v) is 2.00. The predicted molar refractivity (Wildman–Crippen MR) is 68.8 cm³/mol. The average Bonchev–Trinajstić information content (AvgIpc) is 2.35. The van der Waals surface area contributed by atoms with Crippen LogP contribution in [0.1, 0.15) is 19.4 Å². The molecule has 1 aromatic carbocycles. The van der Waals surface area contributed by atoms with Crippen LogP contribution in [0.2, 0.25) is 0 Å². The van der Waals surface area contributed by atoms with Crippen LogP contribution in [0, 0.1) is 0 Å². The minimum absolute atomic E-state index is 0.0958. The van der Waals surface area contributed by atoms with Gasteiger partial charge in [0, 0.05) is 6.54 Å². The molecule has 5 heteroatoms. The maximum absolute atomic E-state index is 11.2. The molecule has 0 aromatic heterocycles. The summed E-state index contributed by atoms with van der Waals surface area (Å²) >= 11 is 0. The van der Waals surface area contributed by atoms with E-state index in [-0.39, 0.29) is 5.75 Å². The fourth-order valence-electron chi connectivity index (χ4n) is 1.40. The van der Waals surface area contributed by atoms with Crippen LogP contribution in [0.15, 0.2) is 24.3 Å². The molecule has 0 amide bonds. The molecule has 1 N–H and O–H groups in total. The second-order valence-electron chi connectivity index (χ2n) is 3.61. The SMILES string of the molecule is CCc1ccccc1OCCNS(=O)(=O)CC. The van der Waals surface area contributed by atoms with E-state index in [0.29, 0.717) is 13.2 Å². The number of hydrogen-bond donors (Lipinski definition) is 1. The van der Waals surface area contributed by atoms with Gasteiger partial charge in [0.05, 0.1) is 5.75 Å². The molecule has 0 unspecified atom stereocenters. The zero-order valence-electron chi connectivity index (χ0n) is 10.3. The van der Waals surface area contributed by atoms with Gasteiger partial charge in [0.15, 0.2) is 0 Å². The van der Waals surface area contributed by atoms with Crippen molar-refractivity contribution in [3.05, 3.63) is 29.8 Å². The van der Waals surface area contributed by atoms with Gasteiger partial charge in [-0.3, -0.25) is 0 Å². The lowest BCUT2D eigenvalue weighted by atomic mass is 10.1. The van der Waals surface area contributed by atoms with E-state index >= 15 is 0 Å². The summed E-state index contributed by atoms with van der Waals surface area (Å²) < 4.78 is 30.3. The van der Waals surface area contributed by atoms with E-state index in [9.17, 15) is 8.42 Å². The molecule has 1 aromatic rings. The van der Waals surface area contributed by atoms with Crippen molar-refractivity contribution in [2.75, 3.05) is 18.9 Å². The van der Waals surface area contributed by atoms with Crippen molar-refractivity contribution in [3.8, 4) is 5.75 Å². The van der Waals surface area contributed by atoms with Gasteiger partial charge in [0.25, 0.3) is 0 Å². The molecular weight excluding hydrogens is 238 g/mol. The summed E-state index contributed by atoms with van der Waals surface area (Å²) in [6.45, 7) is 4.31. The van der Waals surface area contributed by atoms with Crippen molar-refractivity contribution < 1.29 is 13.2 Å². The molecule has 1 rings (SSSR count). The number of para-hydroxylation sites is 1. The second-order valence-corrected chi connectivity index (χ2v) is 5.70. The quantitative estimate of drug-likeness (QED) is 0.754. The normalized spacial score (nSPS) is 11.4. The van der Waals surface area contributed by atoms with Crippen molar-refractivity contribution in [2.45, 2.75) is 20.3 Å². The van der Waals surface area contributed by atoms with E-state index in [1.807, 2.05) is 24.3 Å². The van der Waals surface area contributed by atoms with E-state index in [4.69, 9.17) is 4.74 Å². The highest BCUT2D eigenvalue weighted by Crippen LogP contribution is 2.17. The van der Waals surface area contributed by atoms with Crippen molar-refractivity contribution in [1.82, 2.24) is 4.72 Å². The summed E-state index contributed by atoms with van der Waals surface area (Å²) in [7, 11) is -3.12. The Bertz CT molecular complexity index is 443. The summed E-state index contributed by atoms with van der Waals surface area (Å²) in [6, 6.07) is 7.77.